The number of nitrogens with zero attached hydrogens (tertiary/aromatic N) is 1. The molecular weight excluding hydrogens is 302 g/mol. The molecule has 0 spiro atoms. The number of hydrogen-bond donors (Lipinski definition) is 0. The number of halogens is 1. The number of esters is 1. The van der Waals surface area contributed by atoms with Gasteiger partial charge in [0.15, 0.2) is 6.61 Å². The van der Waals surface area contributed by atoms with Gasteiger partial charge in [-0.1, -0.05) is 35.9 Å². The Bertz CT molecular complexity index is 581. The summed E-state index contributed by atoms with van der Waals surface area (Å²) in [7, 11) is 0. The molecule has 0 aromatic heterocycles. The van der Waals surface area contributed by atoms with Crippen LogP contribution in [0.3, 0.4) is 0 Å². The van der Waals surface area contributed by atoms with Gasteiger partial charge in [-0.3, -0.25) is 4.79 Å². The molecule has 118 valence electrons. The average molecular weight is 322 g/mol. The van der Waals surface area contributed by atoms with E-state index in [1.807, 2.05) is 19.9 Å². The first-order chi connectivity index (χ1) is 10.4. The molecule has 0 radical (unpaired) electrons. The van der Waals surface area contributed by atoms with E-state index in [1.54, 1.807) is 29.2 Å². The molecular formula is C17H20ClNO3. The number of carbonyl (C=O) groups is 2. The zero-order valence-electron chi connectivity index (χ0n) is 12.8. The molecule has 0 N–H and O–H groups in total. The van der Waals surface area contributed by atoms with Crippen LogP contribution >= 0.6 is 11.6 Å². The number of amides is 1. The summed E-state index contributed by atoms with van der Waals surface area (Å²) < 4.78 is 4.94. The number of hydrogen-bond acceptors (Lipinski definition) is 3. The van der Waals surface area contributed by atoms with E-state index in [1.165, 1.54) is 6.08 Å². The molecule has 5 heteroatoms. The van der Waals surface area contributed by atoms with E-state index < -0.39 is 5.97 Å². The summed E-state index contributed by atoms with van der Waals surface area (Å²) >= 11 is 5.85. The van der Waals surface area contributed by atoms with Gasteiger partial charge in [-0.2, -0.15) is 0 Å². The lowest BCUT2D eigenvalue weighted by Crippen LogP contribution is -2.35. The van der Waals surface area contributed by atoms with Crippen LogP contribution in [-0.4, -0.2) is 36.5 Å². The fourth-order valence-electron chi connectivity index (χ4n) is 1.75. The summed E-state index contributed by atoms with van der Waals surface area (Å²) in [4.78, 5) is 25.1. The van der Waals surface area contributed by atoms with E-state index >= 15 is 0 Å². The first kappa shape index (κ1) is 18.0. The Morgan fingerprint density at radius 2 is 2.14 bits per heavy atom. The van der Waals surface area contributed by atoms with Gasteiger partial charge in [0.25, 0.3) is 5.91 Å². The maximum Gasteiger partial charge on any atom is 0.331 e. The third-order valence-corrected chi connectivity index (χ3v) is 3.03. The summed E-state index contributed by atoms with van der Waals surface area (Å²) in [5, 5.41) is 0.587. The molecule has 1 rings (SSSR count). The number of likely N-dealkylation sites (N-methyl/N-ethyl adjacent to an activating group) is 1. The molecule has 22 heavy (non-hydrogen) atoms. The summed E-state index contributed by atoms with van der Waals surface area (Å²) in [6.45, 7) is 8.20. The summed E-state index contributed by atoms with van der Waals surface area (Å²) in [5.74, 6) is -0.810. The van der Waals surface area contributed by atoms with Crippen molar-refractivity contribution in [3.63, 3.8) is 0 Å². The minimum atomic E-state index is -0.570. The minimum absolute atomic E-state index is 0.241. The quantitative estimate of drug-likeness (QED) is 0.440. The molecule has 1 aromatic carbocycles. The number of ether oxygens (including phenoxy) is 1. The van der Waals surface area contributed by atoms with E-state index in [4.69, 9.17) is 16.3 Å². The lowest BCUT2D eigenvalue weighted by molar-refractivity contribution is -0.147. The van der Waals surface area contributed by atoms with Crippen molar-refractivity contribution in [1.82, 2.24) is 4.90 Å². The van der Waals surface area contributed by atoms with Gasteiger partial charge in [0.2, 0.25) is 0 Å². The van der Waals surface area contributed by atoms with Gasteiger partial charge in [0.1, 0.15) is 0 Å². The van der Waals surface area contributed by atoms with Crippen LogP contribution in [-0.2, 0) is 14.3 Å². The molecule has 0 saturated heterocycles. The smallest absolute Gasteiger partial charge is 0.331 e. The Morgan fingerprint density at radius 1 is 1.41 bits per heavy atom. The number of carbonyl (C=O) groups excluding carboxylic acids is 2. The monoisotopic (exact) mass is 321 g/mol. The highest BCUT2D eigenvalue weighted by Gasteiger charge is 2.13. The summed E-state index contributed by atoms with van der Waals surface area (Å²) in [5.41, 5.74) is 1.66. The average Bonchev–Trinajstić information content (AvgIpc) is 2.48. The molecule has 0 fully saturated rings. The predicted octanol–water partition coefficient (Wildman–Crippen LogP) is 3.32. The van der Waals surface area contributed by atoms with Gasteiger partial charge in [0.05, 0.1) is 0 Å². The molecule has 0 atom stereocenters. The van der Waals surface area contributed by atoms with Crippen LogP contribution in [0.1, 0.15) is 19.4 Å². The molecule has 0 saturated carbocycles. The van der Waals surface area contributed by atoms with Crippen molar-refractivity contribution in [3.8, 4) is 0 Å². The van der Waals surface area contributed by atoms with Crippen molar-refractivity contribution < 1.29 is 14.3 Å². The number of rotatable bonds is 7. The Kier molecular flexibility index (Phi) is 7.40. The van der Waals surface area contributed by atoms with Crippen LogP contribution in [0.4, 0.5) is 0 Å². The molecule has 0 aliphatic heterocycles. The molecule has 0 unspecified atom stereocenters. The van der Waals surface area contributed by atoms with E-state index in [9.17, 15) is 9.59 Å². The zero-order chi connectivity index (χ0) is 16.5. The van der Waals surface area contributed by atoms with E-state index in [0.717, 1.165) is 11.1 Å². The largest absolute Gasteiger partial charge is 0.452 e. The zero-order valence-corrected chi connectivity index (χ0v) is 13.6. The van der Waals surface area contributed by atoms with Crippen LogP contribution in [0.2, 0.25) is 5.02 Å². The Hall–Kier alpha value is -2.07. The number of benzene rings is 1. The maximum absolute atomic E-state index is 11.9. The highest BCUT2D eigenvalue weighted by Crippen LogP contribution is 2.11. The van der Waals surface area contributed by atoms with Crippen LogP contribution in [0.15, 0.2) is 42.5 Å². The van der Waals surface area contributed by atoms with Crippen molar-refractivity contribution >= 4 is 29.6 Å². The maximum atomic E-state index is 11.9. The normalized spacial score (nSPS) is 10.5. The van der Waals surface area contributed by atoms with E-state index in [0.29, 0.717) is 18.1 Å². The molecule has 1 amide bonds. The highest BCUT2D eigenvalue weighted by atomic mass is 35.5. The van der Waals surface area contributed by atoms with Crippen LogP contribution in [0, 0.1) is 0 Å². The first-order valence-corrected chi connectivity index (χ1v) is 7.32. The van der Waals surface area contributed by atoms with Crippen LogP contribution < -0.4 is 0 Å². The van der Waals surface area contributed by atoms with Gasteiger partial charge in [-0.25, -0.2) is 4.79 Å². The van der Waals surface area contributed by atoms with Crippen molar-refractivity contribution in [2.75, 3.05) is 19.7 Å². The molecule has 0 aliphatic rings. The van der Waals surface area contributed by atoms with Gasteiger partial charge in [-0.05, 0) is 37.6 Å². The molecule has 1 aromatic rings. The third-order valence-electron chi connectivity index (χ3n) is 2.79. The SMILES string of the molecule is C=C(C)CN(CC)C(=O)COC(=O)/C=C/c1cccc(Cl)c1. The van der Waals surface area contributed by atoms with Crippen molar-refractivity contribution in [3.05, 3.63) is 53.1 Å². The van der Waals surface area contributed by atoms with Crippen LogP contribution in [0.5, 0.6) is 0 Å². The lowest BCUT2D eigenvalue weighted by Gasteiger charge is -2.20. The fourth-order valence-corrected chi connectivity index (χ4v) is 1.95. The van der Waals surface area contributed by atoms with Gasteiger partial charge in [0, 0.05) is 24.2 Å². The van der Waals surface area contributed by atoms with Crippen molar-refractivity contribution in [2.45, 2.75) is 13.8 Å². The van der Waals surface area contributed by atoms with E-state index in [2.05, 4.69) is 6.58 Å². The second-order valence-corrected chi connectivity index (χ2v) is 5.30. The molecule has 0 bridgehead atoms. The van der Waals surface area contributed by atoms with Gasteiger partial charge in [-0.15, -0.1) is 0 Å². The van der Waals surface area contributed by atoms with Crippen molar-refractivity contribution in [1.29, 1.82) is 0 Å². The molecule has 4 nitrogen and oxygen atoms in total. The summed E-state index contributed by atoms with van der Waals surface area (Å²) in [6, 6.07) is 7.07. The van der Waals surface area contributed by atoms with E-state index in [-0.39, 0.29) is 12.5 Å². The van der Waals surface area contributed by atoms with Crippen LogP contribution in [0.25, 0.3) is 6.08 Å². The second-order valence-electron chi connectivity index (χ2n) is 4.86. The van der Waals surface area contributed by atoms with Gasteiger partial charge >= 0.3 is 5.97 Å². The fraction of sp³-hybridized carbons (Fsp3) is 0.294. The Balaban J connectivity index is 2.48. The Morgan fingerprint density at radius 3 is 2.73 bits per heavy atom. The summed E-state index contributed by atoms with van der Waals surface area (Å²) in [6.07, 6.45) is 2.86. The predicted molar refractivity (Wildman–Crippen MR) is 88.5 cm³/mol. The standard InChI is InChI=1S/C17H20ClNO3/c1-4-19(11-13(2)3)16(20)12-22-17(21)9-8-14-6-5-7-15(18)10-14/h5-10H,2,4,11-12H2,1,3H3/b9-8+. The first-order valence-electron chi connectivity index (χ1n) is 6.95. The van der Waals surface area contributed by atoms with Gasteiger partial charge < -0.3 is 9.64 Å². The topological polar surface area (TPSA) is 46.6 Å². The minimum Gasteiger partial charge on any atom is -0.452 e. The molecule has 0 heterocycles. The highest BCUT2D eigenvalue weighted by molar-refractivity contribution is 6.30. The van der Waals surface area contributed by atoms with Crippen molar-refractivity contribution in [2.24, 2.45) is 0 Å². The molecule has 0 aliphatic carbocycles. The lowest BCUT2D eigenvalue weighted by atomic mass is 10.2. The Labute approximate surface area is 136 Å². The third kappa shape index (κ3) is 6.59. The second kappa shape index (κ2) is 9.05.